The van der Waals surface area contributed by atoms with Crippen LogP contribution < -0.4 is 5.32 Å². The molecule has 2 aliphatic rings. The molecule has 21 heavy (non-hydrogen) atoms. The van der Waals surface area contributed by atoms with Crippen LogP contribution in [0.3, 0.4) is 0 Å². The highest BCUT2D eigenvalue weighted by atomic mass is 16.5. The average Bonchev–Trinajstić information content (AvgIpc) is 3.20. The summed E-state index contributed by atoms with van der Waals surface area (Å²) in [5.74, 6) is 0.219. The van der Waals surface area contributed by atoms with E-state index in [0.717, 1.165) is 12.2 Å². The second-order valence-corrected chi connectivity index (χ2v) is 6.18. The van der Waals surface area contributed by atoms with Gasteiger partial charge in [-0.05, 0) is 25.5 Å². The third kappa shape index (κ3) is 3.35. The molecule has 1 saturated carbocycles. The van der Waals surface area contributed by atoms with Crippen LogP contribution in [0.1, 0.15) is 44.3 Å². The molecule has 1 aliphatic heterocycles. The molecule has 2 heterocycles. The summed E-state index contributed by atoms with van der Waals surface area (Å²) in [6.45, 7) is 4.11. The largest absolute Gasteiger partial charge is 0.379 e. The fraction of sp³-hybridized carbons (Fsp3) is 0.750. The zero-order valence-corrected chi connectivity index (χ0v) is 12.8. The first-order valence-electron chi connectivity index (χ1n) is 8.15. The van der Waals surface area contributed by atoms with Crippen LogP contribution in [0.2, 0.25) is 0 Å². The molecule has 0 amide bonds. The molecular formula is C16H25N3O2. The minimum Gasteiger partial charge on any atom is -0.379 e. The lowest BCUT2D eigenvalue weighted by molar-refractivity contribution is -0.122. The molecule has 0 spiro atoms. The molecule has 2 unspecified atom stereocenters. The second-order valence-electron chi connectivity index (χ2n) is 6.18. The molecule has 5 nitrogen and oxygen atoms in total. The van der Waals surface area contributed by atoms with Gasteiger partial charge in [0.15, 0.2) is 0 Å². The van der Waals surface area contributed by atoms with E-state index in [0.29, 0.717) is 25.7 Å². The average molecular weight is 291 g/mol. The van der Waals surface area contributed by atoms with Crippen molar-refractivity contribution in [2.24, 2.45) is 5.92 Å². The van der Waals surface area contributed by atoms with Gasteiger partial charge in [-0.2, -0.15) is 5.10 Å². The van der Waals surface area contributed by atoms with Crippen LogP contribution in [0, 0.1) is 5.92 Å². The predicted molar refractivity (Wildman–Crippen MR) is 80.2 cm³/mol. The van der Waals surface area contributed by atoms with Crippen molar-refractivity contribution in [1.82, 2.24) is 15.1 Å². The highest BCUT2D eigenvalue weighted by Crippen LogP contribution is 2.28. The Morgan fingerprint density at radius 1 is 1.43 bits per heavy atom. The van der Waals surface area contributed by atoms with Crippen molar-refractivity contribution >= 4 is 5.78 Å². The van der Waals surface area contributed by atoms with E-state index in [1.165, 1.54) is 25.7 Å². The second kappa shape index (κ2) is 6.71. The lowest BCUT2D eigenvalue weighted by atomic mass is 9.95. The van der Waals surface area contributed by atoms with E-state index in [1.807, 2.05) is 12.3 Å². The molecule has 1 saturated heterocycles. The van der Waals surface area contributed by atoms with Gasteiger partial charge in [-0.3, -0.25) is 9.48 Å². The molecule has 0 radical (unpaired) electrons. The van der Waals surface area contributed by atoms with Crippen molar-refractivity contribution in [2.75, 3.05) is 19.8 Å². The third-order valence-electron chi connectivity index (χ3n) is 4.68. The Morgan fingerprint density at radius 3 is 3.00 bits per heavy atom. The lowest BCUT2D eigenvalue weighted by Crippen LogP contribution is -2.39. The smallest absolute Gasteiger partial charge is 0.145 e. The van der Waals surface area contributed by atoms with Crippen LogP contribution >= 0.6 is 0 Å². The molecule has 1 aromatic rings. The summed E-state index contributed by atoms with van der Waals surface area (Å²) >= 11 is 0. The molecule has 0 bridgehead atoms. The zero-order chi connectivity index (χ0) is 14.7. The number of likely N-dealkylation sites (N-methyl/N-ethyl adjacent to an activating group) is 1. The van der Waals surface area contributed by atoms with Crippen LogP contribution in [0.15, 0.2) is 12.3 Å². The Bertz CT molecular complexity index is 480. The van der Waals surface area contributed by atoms with E-state index in [-0.39, 0.29) is 17.7 Å². The van der Waals surface area contributed by atoms with Gasteiger partial charge in [0.25, 0.3) is 0 Å². The molecule has 0 aromatic carbocycles. The Labute approximate surface area is 126 Å². The maximum Gasteiger partial charge on any atom is 0.145 e. The number of rotatable bonds is 6. The maximum atomic E-state index is 12.5. The van der Waals surface area contributed by atoms with Crippen LogP contribution in [0.5, 0.6) is 0 Å². The third-order valence-corrected chi connectivity index (χ3v) is 4.68. The Kier molecular flexibility index (Phi) is 4.70. The summed E-state index contributed by atoms with van der Waals surface area (Å²) in [5, 5.41) is 7.95. The number of carbonyl (C=O) groups excluding carboxylic acids is 1. The summed E-state index contributed by atoms with van der Waals surface area (Å²) in [6, 6.07) is 2.70. The molecule has 5 heteroatoms. The van der Waals surface area contributed by atoms with E-state index in [4.69, 9.17) is 4.74 Å². The van der Waals surface area contributed by atoms with Gasteiger partial charge in [-0.1, -0.05) is 19.8 Å². The first kappa shape index (κ1) is 14.7. The number of ether oxygens (including phenoxy) is 1. The van der Waals surface area contributed by atoms with Gasteiger partial charge in [0, 0.05) is 12.2 Å². The fourth-order valence-corrected chi connectivity index (χ4v) is 3.49. The first-order valence-corrected chi connectivity index (χ1v) is 8.15. The van der Waals surface area contributed by atoms with Crippen LogP contribution in [0.4, 0.5) is 0 Å². The Hall–Kier alpha value is -1.20. The molecular weight excluding hydrogens is 266 g/mol. The highest BCUT2D eigenvalue weighted by molar-refractivity contribution is 5.84. The predicted octanol–water partition coefficient (Wildman–Crippen LogP) is 1.73. The van der Waals surface area contributed by atoms with Crippen LogP contribution in [-0.2, 0) is 16.0 Å². The monoisotopic (exact) mass is 291 g/mol. The fourth-order valence-electron chi connectivity index (χ4n) is 3.49. The molecule has 1 N–H and O–H groups in total. The summed E-state index contributed by atoms with van der Waals surface area (Å²) in [7, 11) is 0. The maximum absolute atomic E-state index is 12.5. The molecule has 3 rings (SSSR count). The van der Waals surface area contributed by atoms with Gasteiger partial charge < -0.3 is 10.1 Å². The SMILES string of the molecule is CCNC1COCC1C(=O)Cc1ccn(C2CCCC2)n1. The topological polar surface area (TPSA) is 56.1 Å². The minimum atomic E-state index is -0.0263. The molecule has 1 aliphatic carbocycles. The van der Waals surface area contributed by atoms with Crippen molar-refractivity contribution in [3.05, 3.63) is 18.0 Å². The van der Waals surface area contributed by atoms with Gasteiger partial charge in [0.05, 0.1) is 37.3 Å². The van der Waals surface area contributed by atoms with Crippen molar-refractivity contribution in [2.45, 2.75) is 51.1 Å². The number of hydrogen-bond donors (Lipinski definition) is 1. The number of ketones is 1. The Morgan fingerprint density at radius 2 is 2.24 bits per heavy atom. The van der Waals surface area contributed by atoms with Crippen molar-refractivity contribution in [1.29, 1.82) is 0 Å². The van der Waals surface area contributed by atoms with Gasteiger partial charge in [-0.15, -0.1) is 0 Å². The van der Waals surface area contributed by atoms with E-state index >= 15 is 0 Å². The van der Waals surface area contributed by atoms with E-state index in [1.54, 1.807) is 0 Å². The quantitative estimate of drug-likeness (QED) is 0.867. The van der Waals surface area contributed by atoms with Crippen molar-refractivity contribution < 1.29 is 9.53 Å². The first-order chi connectivity index (χ1) is 10.3. The zero-order valence-electron chi connectivity index (χ0n) is 12.8. The number of nitrogens with zero attached hydrogens (tertiary/aromatic N) is 2. The summed E-state index contributed by atoms with van der Waals surface area (Å²) in [4.78, 5) is 12.5. The van der Waals surface area contributed by atoms with E-state index in [9.17, 15) is 4.79 Å². The van der Waals surface area contributed by atoms with Gasteiger partial charge in [0.1, 0.15) is 5.78 Å². The number of hydrogen-bond acceptors (Lipinski definition) is 4. The number of carbonyl (C=O) groups is 1. The normalized spacial score (nSPS) is 26.5. The van der Waals surface area contributed by atoms with Gasteiger partial charge >= 0.3 is 0 Å². The van der Waals surface area contributed by atoms with Gasteiger partial charge in [-0.25, -0.2) is 0 Å². The van der Waals surface area contributed by atoms with E-state index < -0.39 is 0 Å². The van der Waals surface area contributed by atoms with Crippen LogP contribution in [0.25, 0.3) is 0 Å². The van der Waals surface area contributed by atoms with Crippen LogP contribution in [-0.4, -0.2) is 41.4 Å². The summed E-state index contributed by atoms with van der Waals surface area (Å²) < 4.78 is 7.52. The number of aromatic nitrogens is 2. The molecule has 1 aromatic heterocycles. The number of Topliss-reactive ketones (excluding diaryl/α,β-unsaturated/α-hetero) is 1. The number of nitrogens with one attached hydrogen (secondary N) is 1. The summed E-state index contributed by atoms with van der Waals surface area (Å²) in [6.07, 6.45) is 7.48. The lowest BCUT2D eigenvalue weighted by Gasteiger charge is -2.16. The Balaban J connectivity index is 1.59. The van der Waals surface area contributed by atoms with E-state index in [2.05, 4.69) is 22.0 Å². The summed E-state index contributed by atoms with van der Waals surface area (Å²) in [5.41, 5.74) is 0.897. The molecule has 116 valence electrons. The molecule has 2 fully saturated rings. The van der Waals surface area contributed by atoms with Gasteiger partial charge in [0.2, 0.25) is 0 Å². The highest BCUT2D eigenvalue weighted by Gasteiger charge is 2.33. The van der Waals surface area contributed by atoms with Crippen molar-refractivity contribution in [3.63, 3.8) is 0 Å². The minimum absolute atomic E-state index is 0.0263. The van der Waals surface area contributed by atoms with Crippen molar-refractivity contribution in [3.8, 4) is 0 Å². The standard InChI is InChI=1S/C16H25N3O2/c1-2-17-15-11-21-10-14(15)16(20)9-12-7-8-19(18-12)13-5-3-4-6-13/h7-8,13-15,17H,2-6,9-11H2,1H3. The molecule has 2 atom stereocenters.